The van der Waals surface area contributed by atoms with Crippen LogP contribution in [0.3, 0.4) is 0 Å². The number of para-hydroxylation sites is 1. The highest BCUT2D eigenvalue weighted by atomic mass is 127. The summed E-state index contributed by atoms with van der Waals surface area (Å²) >= 11 is 2.48. The third-order valence-corrected chi connectivity index (χ3v) is 3.86. The average Bonchev–Trinajstić information content (AvgIpc) is 2.19. The zero-order valence-corrected chi connectivity index (χ0v) is 9.99. The van der Waals surface area contributed by atoms with Crippen LogP contribution in [0.25, 0.3) is 0 Å². The third kappa shape index (κ3) is 1.68. The molecule has 0 amide bonds. The largest absolute Gasteiger partial charge is 0.371 e. The van der Waals surface area contributed by atoms with Gasteiger partial charge in [-0.15, -0.1) is 0 Å². The molecule has 2 heteroatoms. The zero-order valence-electron chi connectivity index (χ0n) is 7.83. The number of hydrogen-bond acceptors (Lipinski definition) is 1. The Morgan fingerprint density at radius 2 is 2.23 bits per heavy atom. The molecule has 1 atom stereocenters. The molecular formula is C11H14IN. The number of aryl methyl sites for hydroxylation is 1. The zero-order chi connectivity index (χ0) is 9.26. The van der Waals surface area contributed by atoms with E-state index in [1.54, 1.807) is 0 Å². The maximum atomic E-state index is 2.48. The van der Waals surface area contributed by atoms with Crippen LogP contribution in [0, 0.1) is 0 Å². The molecule has 1 aliphatic heterocycles. The van der Waals surface area contributed by atoms with Gasteiger partial charge in [-0.1, -0.05) is 40.8 Å². The van der Waals surface area contributed by atoms with Gasteiger partial charge < -0.3 is 4.90 Å². The van der Waals surface area contributed by atoms with E-state index in [1.807, 2.05) is 0 Å². The van der Waals surface area contributed by atoms with Gasteiger partial charge in [0.25, 0.3) is 0 Å². The van der Waals surface area contributed by atoms with E-state index in [-0.39, 0.29) is 0 Å². The molecule has 0 aromatic heterocycles. The SMILES string of the molecule is CN1c2ccccc2CCC1CI. The first-order valence-electron chi connectivity index (χ1n) is 4.69. The Morgan fingerprint density at radius 3 is 3.00 bits per heavy atom. The fourth-order valence-electron chi connectivity index (χ4n) is 1.96. The van der Waals surface area contributed by atoms with Gasteiger partial charge in [0.05, 0.1) is 0 Å². The number of hydrogen-bond donors (Lipinski definition) is 0. The summed E-state index contributed by atoms with van der Waals surface area (Å²) in [5.41, 5.74) is 2.93. The van der Waals surface area contributed by atoms with Crippen LogP contribution < -0.4 is 4.90 Å². The Morgan fingerprint density at radius 1 is 1.46 bits per heavy atom. The monoisotopic (exact) mass is 287 g/mol. The number of anilines is 1. The van der Waals surface area contributed by atoms with Crippen molar-refractivity contribution >= 4 is 28.3 Å². The summed E-state index contributed by atoms with van der Waals surface area (Å²) in [6.45, 7) is 0. The van der Waals surface area contributed by atoms with E-state index in [4.69, 9.17) is 0 Å². The van der Waals surface area contributed by atoms with E-state index in [0.717, 1.165) is 6.04 Å². The predicted molar refractivity (Wildman–Crippen MR) is 65.8 cm³/mol. The highest BCUT2D eigenvalue weighted by Gasteiger charge is 2.21. The molecule has 0 N–H and O–H groups in total. The molecule has 0 fully saturated rings. The van der Waals surface area contributed by atoms with Crippen LogP contribution >= 0.6 is 22.6 Å². The number of nitrogens with zero attached hydrogens (tertiary/aromatic N) is 1. The molecule has 0 bridgehead atoms. The molecule has 0 saturated heterocycles. The molecule has 1 heterocycles. The maximum absolute atomic E-state index is 2.48. The summed E-state index contributed by atoms with van der Waals surface area (Å²) in [7, 11) is 2.21. The predicted octanol–water partition coefficient (Wildman–Crippen LogP) is 2.87. The summed E-state index contributed by atoms with van der Waals surface area (Å²) in [4.78, 5) is 2.42. The summed E-state index contributed by atoms with van der Waals surface area (Å²) in [6, 6.07) is 9.47. The van der Waals surface area contributed by atoms with Gasteiger partial charge in [0.15, 0.2) is 0 Å². The van der Waals surface area contributed by atoms with Crippen LogP contribution in [-0.2, 0) is 6.42 Å². The highest BCUT2D eigenvalue weighted by molar-refractivity contribution is 14.1. The minimum atomic E-state index is 0.732. The van der Waals surface area contributed by atoms with Crippen molar-refractivity contribution in [2.24, 2.45) is 0 Å². The van der Waals surface area contributed by atoms with Crippen LogP contribution in [0.2, 0.25) is 0 Å². The second-order valence-corrected chi connectivity index (χ2v) is 4.47. The molecule has 1 aromatic carbocycles. The van der Waals surface area contributed by atoms with Crippen molar-refractivity contribution in [3.8, 4) is 0 Å². The molecule has 13 heavy (non-hydrogen) atoms. The number of alkyl halides is 1. The summed E-state index contributed by atoms with van der Waals surface area (Å²) < 4.78 is 1.22. The second kappa shape index (κ2) is 3.86. The Balaban J connectivity index is 2.33. The van der Waals surface area contributed by atoms with E-state index < -0.39 is 0 Å². The molecule has 0 saturated carbocycles. The van der Waals surface area contributed by atoms with Gasteiger partial charge in [-0.05, 0) is 24.5 Å². The van der Waals surface area contributed by atoms with Crippen molar-refractivity contribution < 1.29 is 0 Å². The van der Waals surface area contributed by atoms with E-state index in [9.17, 15) is 0 Å². The normalized spacial score (nSPS) is 21.4. The van der Waals surface area contributed by atoms with Crippen molar-refractivity contribution in [2.45, 2.75) is 18.9 Å². The number of benzene rings is 1. The van der Waals surface area contributed by atoms with Gasteiger partial charge in [0.1, 0.15) is 0 Å². The Hall–Kier alpha value is -0.250. The lowest BCUT2D eigenvalue weighted by atomic mass is 9.97. The van der Waals surface area contributed by atoms with Gasteiger partial charge in [0.2, 0.25) is 0 Å². The highest BCUT2D eigenvalue weighted by Crippen LogP contribution is 2.29. The average molecular weight is 287 g/mol. The second-order valence-electron chi connectivity index (χ2n) is 3.59. The quantitative estimate of drug-likeness (QED) is 0.567. The third-order valence-electron chi connectivity index (χ3n) is 2.84. The van der Waals surface area contributed by atoms with Crippen molar-refractivity contribution in [1.29, 1.82) is 0 Å². The van der Waals surface area contributed by atoms with Crippen molar-refractivity contribution in [1.82, 2.24) is 0 Å². The molecule has 1 unspecified atom stereocenters. The first-order chi connectivity index (χ1) is 6.33. The van der Waals surface area contributed by atoms with Gasteiger partial charge >= 0.3 is 0 Å². The molecule has 1 aromatic rings. The van der Waals surface area contributed by atoms with E-state index >= 15 is 0 Å². The van der Waals surface area contributed by atoms with Crippen LogP contribution in [-0.4, -0.2) is 17.5 Å². The molecule has 0 radical (unpaired) electrons. The lowest BCUT2D eigenvalue weighted by molar-refractivity contribution is 0.611. The standard InChI is InChI=1S/C11H14IN/c1-13-10(8-12)7-6-9-4-2-3-5-11(9)13/h2-5,10H,6-8H2,1H3. The molecule has 0 spiro atoms. The Labute approximate surface area is 93.3 Å². The summed E-state index contributed by atoms with van der Waals surface area (Å²) in [5.74, 6) is 0. The summed E-state index contributed by atoms with van der Waals surface area (Å²) in [6.07, 6.45) is 2.55. The van der Waals surface area contributed by atoms with Gasteiger partial charge in [0, 0.05) is 23.2 Å². The first-order valence-corrected chi connectivity index (χ1v) is 6.22. The fourth-order valence-corrected chi connectivity index (χ4v) is 2.99. The van der Waals surface area contributed by atoms with E-state index in [0.29, 0.717) is 0 Å². The van der Waals surface area contributed by atoms with Crippen LogP contribution in [0.5, 0.6) is 0 Å². The molecule has 1 nitrogen and oxygen atoms in total. The van der Waals surface area contributed by atoms with Crippen LogP contribution in [0.1, 0.15) is 12.0 Å². The van der Waals surface area contributed by atoms with Gasteiger partial charge in [-0.25, -0.2) is 0 Å². The van der Waals surface area contributed by atoms with Crippen molar-refractivity contribution in [2.75, 3.05) is 16.4 Å². The van der Waals surface area contributed by atoms with E-state index in [2.05, 4.69) is 58.8 Å². The number of halogens is 1. The Kier molecular flexibility index (Phi) is 2.77. The number of rotatable bonds is 1. The van der Waals surface area contributed by atoms with Crippen molar-refractivity contribution in [3.63, 3.8) is 0 Å². The Bertz CT molecular complexity index is 298. The lowest BCUT2D eigenvalue weighted by Crippen LogP contribution is -2.37. The van der Waals surface area contributed by atoms with Crippen LogP contribution in [0.4, 0.5) is 5.69 Å². The maximum Gasteiger partial charge on any atom is 0.0398 e. The van der Waals surface area contributed by atoms with Gasteiger partial charge in [-0.3, -0.25) is 0 Å². The fraction of sp³-hybridized carbons (Fsp3) is 0.455. The number of fused-ring (bicyclic) bond motifs is 1. The lowest BCUT2D eigenvalue weighted by Gasteiger charge is -2.35. The molecular weight excluding hydrogens is 273 g/mol. The van der Waals surface area contributed by atoms with Gasteiger partial charge in [-0.2, -0.15) is 0 Å². The smallest absolute Gasteiger partial charge is 0.0398 e. The summed E-state index contributed by atoms with van der Waals surface area (Å²) in [5, 5.41) is 0. The van der Waals surface area contributed by atoms with Crippen LogP contribution in [0.15, 0.2) is 24.3 Å². The molecule has 70 valence electrons. The molecule has 2 rings (SSSR count). The van der Waals surface area contributed by atoms with Crippen molar-refractivity contribution in [3.05, 3.63) is 29.8 Å². The molecule has 1 aliphatic rings. The van der Waals surface area contributed by atoms with E-state index in [1.165, 1.54) is 28.5 Å². The minimum absolute atomic E-state index is 0.732. The minimum Gasteiger partial charge on any atom is -0.371 e. The molecule has 0 aliphatic carbocycles. The first kappa shape index (κ1) is 9.31. The topological polar surface area (TPSA) is 3.24 Å².